The third-order valence-corrected chi connectivity index (χ3v) is 4.66. The number of benzene rings is 1. The maximum Gasteiger partial charge on any atom is 0.0325 e. The second-order valence-corrected chi connectivity index (χ2v) is 6.41. The van der Waals surface area contributed by atoms with Crippen molar-refractivity contribution < 1.29 is 0 Å². The Morgan fingerprint density at radius 2 is 1.83 bits per heavy atom. The highest BCUT2D eigenvalue weighted by molar-refractivity contribution is 5.34. The summed E-state index contributed by atoms with van der Waals surface area (Å²) in [5, 5.41) is 3.87. The molecule has 2 aliphatic rings. The summed E-state index contributed by atoms with van der Waals surface area (Å²) in [5.41, 5.74) is 3.12. The van der Waals surface area contributed by atoms with E-state index in [0.29, 0.717) is 12.1 Å². The van der Waals surface area contributed by atoms with Gasteiger partial charge in [0.05, 0.1) is 0 Å². The highest BCUT2D eigenvalue weighted by atomic mass is 14.9. The Balaban J connectivity index is 1.71. The number of hydrogen-bond acceptors (Lipinski definition) is 1. The maximum atomic E-state index is 3.87. The van der Waals surface area contributed by atoms with Crippen LogP contribution < -0.4 is 5.32 Å². The SMILES string of the molecule is CC(CC1CC1)NC1CCC(C)c2ccccc21. The van der Waals surface area contributed by atoms with E-state index >= 15 is 0 Å². The summed E-state index contributed by atoms with van der Waals surface area (Å²) in [6.07, 6.45) is 6.92. The Kier molecular flexibility index (Phi) is 3.43. The lowest BCUT2D eigenvalue weighted by Gasteiger charge is -2.32. The molecule has 3 unspecified atom stereocenters. The quantitative estimate of drug-likeness (QED) is 0.826. The van der Waals surface area contributed by atoms with E-state index in [9.17, 15) is 0 Å². The fourth-order valence-corrected chi connectivity index (χ4v) is 3.44. The van der Waals surface area contributed by atoms with Gasteiger partial charge in [0.25, 0.3) is 0 Å². The molecule has 1 fully saturated rings. The van der Waals surface area contributed by atoms with Crippen LogP contribution >= 0.6 is 0 Å². The van der Waals surface area contributed by atoms with Gasteiger partial charge in [0.1, 0.15) is 0 Å². The molecule has 1 aromatic rings. The van der Waals surface area contributed by atoms with Crippen LogP contribution in [-0.2, 0) is 0 Å². The first kappa shape index (κ1) is 12.2. The molecule has 1 aromatic carbocycles. The van der Waals surface area contributed by atoms with Crippen molar-refractivity contribution in [1.82, 2.24) is 5.32 Å². The van der Waals surface area contributed by atoms with Crippen LogP contribution in [0, 0.1) is 5.92 Å². The molecule has 1 N–H and O–H groups in total. The van der Waals surface area contributed by atoms with Gasteiger partial charge in [0, 0.05) is 12.1 Å². The van der Waals surface area contributed by atoms with Gasteiger partial charge in [-0.3, -0.25) is 0 Å². The van der Waals surface area contributed by atoms with Gasteiger partial charge < -0.3 is 5.32 Å². The molecule has 0 amide bonds. The minimum Gasteiger partial charge on any atom is -0.307 e. The summed E-state index contributed by atoms with van der Waals surface area (Å²) in [6, 6.07) is 10.3. The number of rotatable bonds is 4. The van der Waals surface area contributed by atoms with Crippen molar-refractivity contribution in [1.29, 1.82) is 0 Å². The van der Waals surface area contributed by atoms with Crippen molar-refractivity contribution in [2.45, 2.75) is 64.0 Å². The topological polar surface area (TPSA) is 12.0 Å². The Hall–Kier alpha value is -0.820. The summed E-state index contributed by atoms with van der Waals surface area (Å²) in [5.74, 6) is 1.75. The number of nitrogens with one attached hydrogen (secondary N) is 1. The molecule has 2 aliphatic carbocycles. The lowest BCUT2D eigenvalue weighted by atomic mass is 9.81. The lowest BCUT2D eigenvalue weighted by Crippen LogP contribution is -2.33. The van der Waals surface area contributed by atoms with Gasteiger partial charge in [-0.2, -0.15) is 0 Å². The molecule has 1 heteroatoms. The molecule has 18 heavy (non-hydrogen) atoms. The fraction of sp³-hybridized carbons (Fsp3) is 0.647. The van der Waals surface area contributed by atoms with Gasteiger partial charge in [-0.1, -0.05) is 44.0 Å². The van der Waals surface area contributed by atoms with Crippen molar-refractivity contribution in [3.05, 3.63) is 35.4 Å². The van der Waals surface area contributed by atoms with Gasteiger partial charge in [-0.05, 0) is 49.1 Å². The van der Waals surface area contributed by atoms with Crippen LogP contribution in [0.5, 0.6) is 0 Å². The zero-order valence-corrected chi connectivity index (χ0v) is 11.7. The van der Waals surface area contributed by atoms with Crippen LogP contribution in [0.2, 0.25) is 0 Å². The van der Waals surface area contributed by atoms with E-state index in [1.165, 1.54) is 32.1 Å². The van der Waals surface area contributed by atoms with E-state index in [0.717, 1.165) is 11.8 Å². The normalized spacial score (nSPS) is 28.8. The third kappa shape index (κ3) is 2.61. The average molecular weight is 243 g/mol. The van der Waals surface area contributed by atoms with Crippen molar-refractivity contribution in [2.75, 3.05) is 0 Å². The molecule has 3 atom stereocenters. The summed E-state index contributed by atoms with van der Waals surface area (Å²) in [6.45, 7) is 4.72. The average Bonchev–Trinajstić information content (AvgIpc) is 3.17. The predicted octanol–water partition coefficient (Wildman–Crippen LogP) is 4.40. The monoisotopic (exact) mass is 243 g/mol. The Bertz CT molecular complexity index is 408. The van der Waals surface area contributed by atoms with E-state index in [4.69, 9.17) is 0 Å². The van der Waals surface area contributed by atoms with Crippen molar-refractivity contribution in [2.24, 2.45) is 5.92 Å². The summed E-state index contributed by atoms with van der Waals surface area (Å²) < 4.78 is 0. The number of fused-ring (bicyclic) bond motifs is 1. The van der Waals surface area contributed by atoms with Crippen LogP contribution in [-0.4, -0.2) is 6.04 Å². The molecule has 3 rings (SSSR count). The minimum atomic E-state index is 0.589. The molecule has 0 spiro atoms. The highest BCUT2D eigenvalue weighted by Gasteiger charge is 2.28. The van der Waals surface area contributed by atoms with Crippen LogP contribution in [0.4, 0.5) is 0 Å². The Morgan fingerprint density at radius 3 is 2.56 bits per heavy atom. The lowest BCUT2D eigenvalue weighted by molar-refractivity contribution is 0.372. The maximum absolute atomic E-state index is 3.87. The van der Waals surface area contributed by atoms with E-state index in [1.54, 1.807) is 11.1 Å². The first-order valence-electron chi connectivity index (χ1n) is 7.59. The van der Waals surface area contributed by atoms with Crippen molar-refractivity contribution in [3.63, 3.8) is 0 Å². The van der Waals surface area contributed by atoms with Gasteiger partial charge in [0.2, 0.25) is 0 Å². The third-order valence-electron chi connectivity index (χ3n) is 4.66. The van der Waals surface area contributed by atoms with Crippen LogP contribution in [0.3, 0.4) is 0 Å². The van der Waals surface area contributed by atoms with Gasteiger partial charge in [-0.15, -0.1) is 0 Å². The fourth-order valence-electron chi connectivity index (χ4n) is 3.44. The van der Waals surface area contributed by atoms with Gasteiger partial charge in [-0.25, -0.2) is 0 Å². The Labute approximate surface area is 111 Å². The molecule has 0 radical (unpaired) electrons. The molecular formula is C17H25N. The number of hydrogen-bond donors (Lipinski definition) is 1. The standard InChI is InChI=1S/C17H25N/c1-12-7-10-17(16-6-4-3-5-15(12)16)18-13(2)11-14-8-9-14/h3-6,12-14,17-18H,7-11H2,1-2H3. The predicted molar refractivity (Wildman–Crippen MR) is 76.8 cm³/mol. The second-order valence-electron chi connectivity index (χ2n) is 6.41. The van der Waals surface area contributed by atoms with Crippen molar-refractivity contribution in [3.8, 4) is 0 Å². The van der Waals surface area contributed by atoms with E-state index < -0.39 is 0 Å². The van der Waals surface area contributed by atoms with Gasteiger partial charge in [0.15, 0.2) is 0 Å². The summed E-state index contributed by atoms with van der Waals surface area (Å²) in [4.78, 5) is 0. The molecule has 0 bridgehead atoms. The van der Waals surface area contributed by atoms with E-state index in [-0.39, 0.29) is 0 Å². The van der Waals surface area contributed by atoms with Crippen LogP contribution in [0.25, 0.3) is 0 Å². The highest BCUT2D eigenvalue weighted by Crippen LogP contribution is 2.38. The van der Waals surface area contributed by atoms with Crippen LogP contribution in [0.15, 0.2) is 24.3 Å². The summed E-state index contributed by atoms with van der Waals surface area (Å²) in [7, 11) is 0. The molecule has 1 nitrogen and oxygen atoms in total. The molecule has 98 valence electrons. The smallest absolute Gasteiger partial charge is 0.0325 e. The molecule has 0 heterocycles. The minimum absolute atomic E-state index is 0.589. The largest absolute Gasteiger partial charge is 0.307 e. The second kappa shape index (κ2) is 5.05. The molecule has 0 saturated heterocycles. The molecule has 0 aromatic heterocycles. The summed E-state index contributed by atoms with van der Waals surface area (Å²) >= 11 is 0. The first-order chi connectivity index (χ1) is 8.74. The first-order valence-corrected chi connectivity index (χ1v) is 7.59. The Morgan fingerprint density at radius 1 is 1.11 bits per heavy atom. The van der Waals surface area contributed by atoms with E-state index in [1.807, 2.05) is 0 Å². The molecule has 1 saturated carbocycles. The molecule has 0 aliphatic heterocycles. The van der Waals surface area contributed by atoms with E-state index in [2.05, 4.69) is 43.4 Å². The molecular weight excluding hydrogens is 218 g/mol. The van der Waals surface area contributed by atoms with Gasteiger partial charge >= 0.3 is 0 Å². The van der Waals surface area contributed by atoms with Crippen molar-refractivity contribution >= 4 is 0 Å². The zero-order valence-electron chi connectivity index (χ0n) is 11.7. The zero-order chi connectivity index (χ0) is 12.5. The van der Waals surface area contributed by atoms with Crippen LogP contribution in [0.1, 0.15) is 69.0 Å².